The van der Waals surface area contributed by atoms with E-state index in [0.29, 0.717) is 11.3 Å². The number of hydrogen-bond acceptors (Lipinski definition) is 1. The third-order valence-corrected chi connectivity index (χ3v) is 13.9. The van der Waals surface area contributed by atoms with Gasteiger partial charge in [-0.15, -0.1) is 0 Å². The Morgan fingerprint density at radius 1 is 0.509 bits per heavy atom. The Bertz CT molecular complexity index is 2250. The third kappa shape index (κ3) is 5.58. The summed E-state index contributed by atoms with van der Waals surface area (Å²) in [7, 11) is 0. The van der Waals surface area contributed by atoms with Crippen molar-refractivity contribution < 1.29 is 0 Å². The predicted molar refractivity (Wildman–Crippen MR) is 224 cm³/mol. The number of hydrogen-bond donors (Lipinski definition) is 0. The van der Waals surface area contributed by atoms with E-state index in [1.54, 1.807) is 5.56 Å². The van der Waals surface area contributed by atoms with Crippen LogP contribution in [-0.2, 0) is 10.8 Å². The highest BCUT2D eigenvalue weighted by Gasteiger charge is 2.45. The molecule has 10 rings (SSSR count). The predicted octanol–water partition coefficient (Wildman–Crippen LogP) is 14.7. The van der Waals surface area contributed by atoms with Crippen molar-refractivity contribution in [2.24, 2.45) is 5.92 Å². The van der Waals surface area contributed by atoms with Gasteiger partial charge in [0.15, 0.2) is 0 Å². The molecule has 0 heterocycles. The van der Waals surface area contributed by atoms with Gasteiger partial charge in [-0.2, -0.15) is 0 Å². The van der Waals surface area contributed by atoms with Crippen LogP contribution in [0.25, 0.3) is 33.4 Å². The molecular formula is C52H51N. The Morgan fingerprint density at radius 3 is 1.77 bits per heavy atom. The van der Waals surface area contributed by atoms with Crippen LogP contribution in [0.15, 0.2) is 140 Å². The van der Waals surface area contributed by atoms with Crippen molar-refractivity contribution in [3.8, 4) is 33.4 Å². The highest BCUT2D eigenvalue weighted by Crippen LogP contribution is 2.57. The second-order valence-corrected chi connectivity index (χ2v) is 17.3. The molecule has 264 valence electrons. The minimum absolute atomic E-state index is 0.134. The van der Waals surface area contributed by atoms with Crippen LogP contribution in [0.2, 0.25) is 0 Å². The fourth-order valence-electron chi connectivity index (χ4n) is 10.9. The van der Waals surface area contributed by atoms with E-state index in [1.807, 2.05) is 0 Å². The molecule has 2 bridgehead atoms. The molecule has 0 aliphatic heterocycles. The zero-order valence-electron chi connectivity index (χ0n) is 31.5. The summed E-state index contributed by atoms with van der Waals surface area (Å²) in [4.78, 5) is 2.56. The molecule has 6 aromatic carbocycles. The van der Waals surface area contributed by atoms with Crippen LogP contribution in [0, 0.1) is 5.92 Å². The van der Waals surface area contributed by atoms with Crippen molar-refractivity contribution in [3.63, 3.8) is 0 Å². The van der Waals surface area contributed by atoms with E-state index in [9.17, 15) is 0 Å². The van der Waals surface area contributed by atoms with Crippen molar-refractivity contribution in [1.29, 1.82) is 0 Å². The lowest BCUT2D eigenvalue weighted by Crippen LogP contribution is -2.20. The summed E-state index contributed by atoms with van der Waals surface area (Å²) in [5, 5.41) is 0. The maximum Gasteiger partial charge on any atom is 0.0543 e. The van der Waals surface area contributed by atoms with Gasteiger partial charge in [-0.1, -0.05) is 130 Å². The van der Waals surface area contributed by atoms with Crippen LogP contribution in [-0.4, -0.2) is 0 Å². The van der Waals surface area contributed by atoms with Crippen LogP contribution >= 0.6 is 0 Å². The number of benzene rings is 6. The smallest absolute Gasteiger partial charge is 0.0543 e. The molecule has 0 aromatic heterocycles. The maximum absolute atomic E-state index is 2.56. The van der Waals surface area contributed by atoms with Gasteiger partial charge in [-0.05, 0) is 155 Å². The summed E-state index contributed by atoms with van der Waals surface area (Å²) in [6.07, 6.45) is 13.6. The lowest BCUT2D eigenvalue weighted by atomic mass is 9.78. The van der Waals surface area contributed by atoms with E-state index < -0.39 is 0 Å². The molecule has 0 saturated heterocycles. The van der Waals surface area contributed by atoms with Gasteiger partial charge in [-0.25, -0.2) is 0 Å². The van der Waals surface area contributed by atoms with E-state index in [4.69, 9.17) is 0 Å². The average molecular weight is 690 g/mol. The first kappa shape index (κ1) is 32.7. The van der Waals surface area contributed by atoms with Gasteiger partial charge in [0.2, 0.25) is 0 Å². The quantitative estimate of drug-likeness (QED) is 0.161. The fraction of sp³-hybridized carbons (Fsp3) is 0.308. The molecule has 6 aromatic rings. The SMILES string of the molecule is CC1(C)c2ccc(-c3ccccc3)cc2-c2cc(-c3ccccc3)c(N(c3ccc(C4CCCCC4)cc3)c3ccc(C45CCC(CC4)C5)cc3)cc21. The first-order valence-electron chi connectivity index (χ1n) is 20.4. The van der Waals surface area contributed by atoms with Gasteiger partial charge in [0.05, 0.1) is 5.69 Å². The Hall–Kier alpha value is -4.88. The molecule has 0 radical (unpaired) electrons. The molecular weight excluding hydrogens is 639 g/mol. The third-order valence-electron chi connectivity index (χ3n) is 13.9. The normalized spacial score (nSPS) is 21.4. The zero-order valence-corrected chi connectivity index (χ0v) is 31.5. The summed E-state index contributed by atoms with van der Waals surface area (Å²) in [5.41, 5.74) is 17.6. The first-order chi connectivity index (χ1) is 26.0. The van der Waals surface area contributed by atoms with Crippen LogP contribution in [0.5, 0.6) is 0 Å². The Labute approximate surface area is 316 Å². The Kier molecular flexibility index (Phi) is 7.97. The van der Waals surface area contributed by atoms with Crippen LogP contribution < -0.4 is 4.90 Å². The van der Waals surface area contributed by atoms with E-state index in [1.165, 1.54) is 131 Å². The summed E-state index contributed by atoms with van der Waals surface area (Å²) in [6, 6.07) is 53.6. The molecule has 0 atom stereocenters. The molecule has 1 nitrogen and oxygen atoms in total. The molecule has 3 fully saturated rings. The van der Waals surface area contributed by atoms with Gasteiger partial charge < -0.3 is 4.90 Å². The molecule has 4 aliphatic carbocycles. The average Bonchev–Trinajstić information content (AvgIpc) is 3.91. The van der Waals surface area contributed by atoms with E-state index in [2.05, 4.69) is 158 Å². The van der Waals surface area contributed by atoms with Crippen molar-refractivity contribution in [3.05, 3.63) is 162 Å². The highest BCUT2D eigenvalue weighted by atomic mass is 15.1. The minimum atomic E-state index is -0.134. The number of fused-ring (bicyclic) bond motifs is 5. The molecule has 53 heavy (non-hydrogen) atoms. The topological polar surface area (TPSA) is 3.24 Å². The fourth-order valence-corrected chi connectivity index (χ4v) is 10.9. The maximum atomic E-state index is 2.56. The van der Waals surface area contributed by atoms with Crippen molar-refractivity contribution in [1.82, 2.24) is 0 Å². The number of nitrogens with zero attached hydrogens (tertiary/aromatic N) is 1. The van der Waals surface area contributed by atoms with Gasteiger partial charge in [-0.3, -0.25) is 0 Å². The van der Waals surface area contributed by atoms with E-state index in [-0.39, 0.29) is 5.41 Å². The largest absolute Gasteiger partial charge is 0.310 e. The lowest BCUT2D eigenvalue weighted by molar-refractivity contribution is 0.419. The van der Waals surface area contributed by atoms with Crippen molar-refractivity contribution >= 4 is 17.1 Å². The van der Waals surface area contributed by atoms with Gasteiger partial charge in [0.25, 0.3) is 0 Å². The lowest BCUT2D eigenvalue weighted by Gasteiger charge is -2.32. The molecule has 1 heteroatoms. The van der Waals surface area contributed by atoms with Crippen molar-refractivity contribution in [2.75, 3.05) is 4.90 Å². The Morgan fingerprint density at radius 2 is 1.13 bits per heavy atom. The monoisotopic (exact) mass is 689 g/mol. The van der Waals surface area contributed by atoms with Gasteiger partial charge in [0, 0.05) is 22.4 Å². The highest BCUT2D eigenvalue weighted by molar-refractivity contribution is 5.95. The molecule has 3 saturated carbocycles. The van der Waals surface area contributed by atoms with Crippen LogP contribution in [0.1, 0.15) is 106 Å². The molecule has 0 amide bonds. The minimum Gasteiger partial charge on any atom is -0.310 e. The Balaban J connectivity index is 1.15. The van der Waals surface area contributed by atoms with Crippen molar-refractivity contribution in [2.45, 2.75) is 94.8 Å². The van der Waals surface area contributed by atoms with E-state index >= 15 is 0 Å². The molecule has 4 aliphatic rings. The summed E-state index contributed by atoms with van der Waals surface area (Å²) < 4.78 is 0. The molecule has 0 spiro atoms. The van der Waals surface area contributed by atoms with E-state index in [0.717, 1.165) is 5.92 Å². The van der Waals surface area contributed by atoms with Gasteiger partial charge >= 0.3 is 0 Å². The summed E-state index contributed by atoms with van der Waals surface area (Å²) in [6.45, 7) is 4.83. The second-order valence-electron chi connectivity index (χ2n) is 17.3. The van der Waals surface area contributed by atoms with Crippen LogP contribution in [0.3, 0.4) is 0 Å². The van der Waals surface area contributed by atoms with Gasteiger partial charge in [0.1, 0.15) is 0 Å². The molecule has 0 unspecified atom stereocenters. The summed E-state index contributed by atoms with van der Waals surface area (Å²) in [5.74, 6) is 1.62. The summed E-state index contributed by atoms with van der Waals surface area (Å²) >= 11 is 0. The first-order valence-corrected chi connectivity index (χ1v) is 20.4. The van der Waals surface area contributed by atoms with Crippen LogP contribution in [0.4, 0.5) is 17.1 Å². The number of rotatable bonds is 7. The number of anilines is 3. The zero-order chi connectivity index (χ0) is 35.6. The second kappa shape index (κ2) is 12.9. The standard InChI is InChI=1S/C52H51N/c1-51(2)48-27-20-41(38-14-8-4-9-15-38)32-46(48)47-33-45(40-16-10-5-11-17-40)50(34-49(47)51)53(43-23-18-39(19-24-43)37-12-6-3-7-13-37)44-25-21-42(22-26-44)52-30-28-36(35-52)29-31-52/h4-5,8-11,14-27,32-34,36-37H,3,6-7,12-13,28-31,35H2,1-2H3. The molecule has 0 N–H and O–H groups in total.